The molecule has 5 rings (SSSR count). The van der Waals surface area contributed by atoms with Gasteiger partial charge in [-0.05, 0) is 54.8 Å². The first-order chi connectivity index (χ1) is 18.5. The van der Waals surface area contributed by atoms with Crippen molar-refractivity contribution in [1.29, 1.82) is 0 Å². The van der Waals surface area contributed by atoms with E-state index >= 15 is 0 Å². The third kappa shape index (κ3) is 6.09. The molecule has 0 radical (unpaired) electrons. The van der Waals surface area contributed by atoms with Crippen molar-refractivity contribution in [3.63, 3.8) is 0 Å². The predicted octanol–water partition coefficient (Wildman–Crippen LogP) is 5.50. The van der Waals surface area contributed by atoms with Crippen LogP contribution in [-0.4, -0.2) is 33.2 Å². The van der Waals surface area contributed by atoms with E-state index in [0.29, 0.717) is 32.3 Å². The number of rotatable bonds is 8. The molecule has 2 N–H and O–H groups in total. The number of para-hydroxylation sites is 2. The van der Waals surface area contributed by atoms with Crippen molar-refractivity contribution in [2.24, 2.45) is 0 Å². The number of benzene rings is 3. The lowest BCUT2D eigenvalue weighted by molar-refractivity contribution is -0.113. The van der Waals surface area contributed by atoms with Gasteiger partial charge in [0.2, 0.25) is 5.91 Å². The first-order valence-corrected chi connectivity index (χ1v) is 13.9. The SMILES string of the molecule is O=C(CSc1nc2ccccc2c(=O)n1Cc1ccc(C(=O)NC2CCCC2)cc1)Nc1ccccc1Cl. The zero-order valence-electron chi connectivity index (χ0n) is 20.7. The number of amides is 2. The van der Waals surface area contributed by atoms with Crippen LogP contribution in [0.3, 0.4) is 0 Å². The van der Waals surface area contributed by atoms with Crippen LogP contribution in [0.25, 0.3) is 10.9 Å². The summed E-state index contributed by atoms with van der Waals surface area (Å²) in [5, 5.41) is 7.29. The molecule has 0 spiro atoms. The maximum Gasteiger partial charge on any atom is 0.262 e. The average molecular weight is 547 g/mol. The van der Waals surface area contributed by atoms with Gasteiger partial charge in [0, 0.05) is 11.6 Å². The van der Waals surface area contributed by atoms with Crippen molar-refractivity contribution in [3.05, 3.63) is 99.3 Å². The summed E-state index contributed by atoms with van der Waals surface area (Å²) in [7, 11) is 0. The van der Waals surface area contributed by atoms with Gasteiger partial charge >= 0.3 is 0 Å². The molecule has 1 saturated carbocycles. The molecule has 4 aromatic rings. The van der Waals surface area contributed by atoms with Gasteiger partial charge in [-0.1, -0.05) is 72.6 Å². The van der Waals surface area contributed by atoms with Crippen LogP contribution in [0.1, 0.15) is 41.6 Å². The van der Waals surface area contributed by atoms with Crippen molar-refractivity contribution in [3.8, 4) is 0 Å². The van der Waals surface area contributed by atoms with E-state index in [4.69, 9.17) is 11.6 Å². The molecule has 0 bridgehead atoms. The second-order valence-electron chi connectivity index (χ2n) is 9.27. The number of carbonyl (C=O) groups excluding carboxylic acids is 2. The van der Waals surface area contributed by atoms with E-state index in [1.165, 1.54) is 11.8 Å². The number of hydrogen-bond donors (Lipinski definition) is 2. The Hall–Kier alpha value is -3.62. The average Bonchev–Trinajstić information content (AvgIpc) is 3.44. The fourth-order valence-electron chi connectivity index (χ4n) is 4.56. The minimum Gasteiger partial charge on any atom is -0.349 e. The minimum atomic E-state index is -0.255. The molecule has 7 nitrogen and oxygen atoms in total. The Morgan fingerprint density at radius 1 is 0.974 bits per heavy atom. The van der Waals surface area contributed by atoms with Gasteiger partial charge < -0.3 is 10.6 Å². The van der Waals surface area contributed by atoms with Crippen molar-refractivity contribution in [2.75, 3.05) is 11.1 Å². The van der Waals surface area contributed by atoms with E-state index in [1.54, 1.807) is 59.2 Å². The summed E-state index contributed by atoms with van der Waals surface area (Å²) in [5.41, 5.74) is 2.36. The molecule has 1 fully saturated rings. The van der Waals surface area contributed by atoms with Gasteiger partial charge in [-0.15, -0.1) is 0 Å². The van der Waals surface area contributed by atoms with Crippen molar-refractivity contribution in [1.82, 2.24) is 14.9 Å². The van der Waals surface area contributed by atoms with Crippen LogP contribution in [0.4, 0.5) is 5.69 Å². The van der Waals surface area contributed by atoms with E-state index in [1.807, 2.05) is 18.2 Å². The van der Waals surface area contributed by atoms with Gasteiger partial charge in [0.15, 0.2) is 5.16 Å². The Kier molecular flexibility index (Phi) is 8.10. The molecule has 0 saturated heterocycles. The number of thioether (sulfide) groups is 1. The van der Waals surface area contributed by atoms with Gasteiger partial charge in [-0.3, -0.25) is 19.0 Å². The van der Waals surface area contributed by atoms with Crippen molar-refractivity contribution >= 4 is 51.8 Å². The molecule has 0 unspecified atom stereocenters. The highest BCUT2D eigenvalue weighted by Crippen LogP contribution is 2.23. The molecule has 0 aliphatic heterocycles. The van der Waals surface area contributed by atoms with Crippen LogP contribution < -0.4 is 16.2 Å². The number of anilines is 1. The van der Waals surface area contributed by atoms with Crippen LogP contribution in [0.2, 0.25) is 5.02 Å². The monoisotopic (exact) mass is 546 g/mol. The molecule has 194 valence electrons. The van der Waals surface area contributed by atoms with Crippen molar-refractivity contribution in [2.45, 2.75) is 43.4 Å². The fourth-order valence-corrected chi connectivity index (χ4v) is 5.54. The number of fused-ring (bicyclic) bond motifs is 1. The van der Waals surface area contributed by atoms with Gasteiger partial charge in [-0.25, -0.2) is 4.98 Å². The molecule has 38 heavy (non-hydrogen) atoms. The molecular formula is C29H27ClN4O3S. The number of halogens is 1. The van der Waals surface area contributed by atoms with Crippen LogP contribution >= 0.6 is 23.4 Å². The normalized spacial score (nSPS) is 13.5. The van der Waals surface area contributed by atoms with Gasteiger partial charge in [0.25, 0.3) is 11.5 Å². The summed E-state index contributed by atoms with van der Waals surface area (Å²) in [5.74, 6) is -0.278. The number of carbonyl (C=O) groups is 2. The highest BCUT2D eigenvalue weighted by atomic mass is 35.5. The van der Waals surface area contributed by atoms with E-state index < -0.39 is 0 Å². The second kappa shape index (κ2) is 11.8. The van der Waals surface area contributed by atoms with E-state index in [0.717, 1.165) is 31.2 Å². The molecule has 9 heteroatoms. The number of nitrogens with one attached hydrogen (secondary N) is 2. The molecule has 1 heterocycles. The Balaban J connectivity index is 1.35. The highest BCUT2D eigenvalue weighted by molar-refractivity contribution is 7.99. The first kappa shape index (κ1) is 26.0. The summed E-state index contributed by atoms with van der Waals surface area (Å²) in [6.45, 7) is 0.260. The smallest absolute Gasteiger partial charge is 0.262 e. The Bertz CT molecular complexity index is 1530. The summed E-state index contributed by atoms with van der Waals surface area (Å²) >= 11 is 7.34. The predicted molar refractivity (Wildman–Crippen MR) is 152 cm³/mol. The van der Waals surface area contributed by atoms with Crippen LogP contribution in [0, 0.1) is 0 Å². The van der Waals surface area contributed by atoms with Gasteiger partial charge in [-0.2, -0.15) is 0 Å². The second-order valence-corrected chi connectivity index (χ2v) is 10.6. The lowest BCUT2D eigenvalue weighted by Crippen LogP contribution is -2.32. The first-order valence-electron chi connectivity index (χ1n) is 12.5. The maximum absolute atomic E-state index is 13.4. The van der Waals surface area contributed by atoms with Crippen LogP contribution in [0.15, 0.2) is 82.7 Å². The zero-order valence-corrected chi connectivity index (χ0v) is 22.2. The summed E-state index contributed by atoms with van der Waals surface area (Å²) in [6.07, 6.45) is 4.36. The summed E-state index contributed by atoms with van der Waals surface area (Å²) in [6, 6.07) is 21.7. The van der Waals surface area contributed by atoms with Gasteiger partial charge in [0.1, 0.15) is 0 Å². The minimum absolute atomic E-state index is 0.0519. The number of hydrogen-bond acceptors (Lipinski definition) is 5. The molecule has 3 aromatic carbocycles. The Morgan fingerprint density at radius 2 is 1.68 bits per heavy atom. The third-order valence-electron chi connectivity index (χ3n) is 6.55. The Morgan fingerprint density at radius 3 is 2.45 bits per heavy atom. The van der Waals surface area contributed by atoms with E-state index in [9.17, 15) is 14.4 Å². The zero-order chi connectivity index (χ0) is 26.5. The topological polar surface area (TPSA) is 93.1 Å². The highest BCUT2D eigenvalue weighted by Gasteiger charge is 2.18. The van der Waals surface area contributed by atoms with Crippen molar-refractivity contribution < 1.29 is 9.59 Å². The molecule has 2 amide bonds. The number of aromatic nitrogens is 2. The molecule has 0 atom stereocenters. The molecular weight excluding hydrogens is 520 g/mol. The lowest BCUT2D eigenvalue weighted by Gasteiger charge is -2.14. The molecule has 1 aliphatic rings. The number of nitrogens with zero attached hydrogens (tertiary/aromatic N) is 2. The van der Waals surface area contributed by atoms with Crippen LogP contribution in [-0.2, 0) is 11.3 Å². The molecule has 1 aliphatic carbocycles. The summed E-state index contributed by atoms with van der Waals surface area (Å²) < 4.78 is 1.57. The largest absolute Gasteiger partial charge is 0.349 e. The van der Waals surface area contributed by atoms with Gasteiger partial charge in [0.05, 0.1) is 33.9 Å². The van der Waals surface area contributed by atoms with E-state index in [2.05, 4.69) is 15.6 Å². The molecule has 1 aromatic heterocycles. The lowest BCUT2D eigenvalue weighted by atomic mass is 10.1. The Labute approximate surface area is 229 Å². The maximum atomic E-state index is 13.4. The fraction of sp³-hybridized carbons (Fsp3) is 0.241. The quantitative estimate of drug-likeness (QED) is 0.225. The van der Waals surface area contributed by atoms with Crippen LogP contribution in [0.5, 0.6) is 0 Å². The third-order valence-corrected chi connectivity index (χ3v) is 7.86. The summed E-state index contributed by atoms with van der Waals surface area (Å²) in [4.78, 5) is 43.4. The van der Waals surface area contributed by atoms with E-state index in [-0.39, 0.29) is 35.7 Å². The standard InChI is InChI=1S/C29H27ClN4O3S/c30-23-10-4-6-12-25(23)32-26(35)18-38-29-33-24-11-5-3-9-22(24)28(37)34(29)17-19-13-15-20(16-14-19)27(36)31-21-7-1-2-8-21/h3-6,9-16,21H,1-2,7-8,17-18H2,(H,31,36)(H,32,35).